The standard InChI is InChI=1S/C8H15BF3O7P3/c9-8-1-6(3-13)7(2-8)4-18-20(10,14)5-21(11,15)19-22(12,16)17/h6-8,13H,1-5H2,(H,16,17). The van der Waals surface area contributed by atoms with Crippen molar-refractivity contribution in [1.29, 1.82) is 0 Å². The Kier molecular flexibility index (Phi) is 6.98. The molecule has 1 saturated carbocycles. The van der Waals surface area contributed by atoms with E-state index in [0.29, 0.717) is 12.8 Å². The second-order valence-electron chi connectivity index (χ2n) is 5.09. The molecule has 0 aromatic carbocycles. The number of hydrogen-bond acceptors (Lipinski definition) is 6. The van der Waals surface area contributed by atoms with Crippen molar-refractivity contribution >= 4 is 31.1 Å². The Labute approximate surface area is 126 Å². The fraction of sp³-hybridized carbons (Fsp3) is 1.00. The summed E-state index contributed by atoms with van der Waals surface area (Å²) in [5.41, 5.74) is 0. The lowest BCUT2D eigenvalue weighted by molar-refractivity contribution is 0.148. The van der Waals surface area contributed by atoms with Crippen LogP contribution in [0.3, 0.4) is 0 Å². The summed E-state index contributed by atoms with van der Waals surface area (Å²) in [7, 11) is -11.4. The Balaban J connectivity index is 2.59. The van der Waals surface area contributed by atoms with E-state index >= 15 is 0 Å². The van der Waals surface area contributed by atoms with Crippen molar-refractivity contribution in [2.75, 3.05) is 19.1 Å². The SMILES string of the molecule is [B]C1CC(CO)C(COP(=O)(F)CP(=O)(F)OP(=O)(O)F)C1. The largest absolute Gasteiger partial charge is 0.517 e. The van der Waals surface area contributed by atoms with Crippen LogP contribution in [-0.4, -0.2) is 37.0 Å². The van der Waals surface area contributed by atoms with Gasteiger partial charge < -0.3 is 9.63 Å². The van der Waals surface area contributed by atoms with Crippen LogP contribution in [0.5, 0.6) is 0 Å². The van der Waals surface area contributed by atoms with Crippen LogP contribution in [0.2, 0.25) is 5.82 Å². The molecule has 6 unspecified atom stereocenters. The number of aliphatic hydroxyl groups is 1. The van der Waals surface area contributed by atoms with Gasteiger partial charge in [-0.15, -0.1) is 4.20 Å². The summed E-state index contributed by atoms with van der Waals surface area (Å²) in [6.07, 6.45) is 0.798. The minimum atomic E-state index is -5.97. The first-order chi connectivity index (χ1) is 9.84. The van der Waals surface area contributed by atoms with Gasteiger partial charge in [-0.05, 0) is 11.8 Å². The van der Waals surface area contributed by atoms with Crippen LogP contribution in [0.1, 0.15) is 12.8 Å². The van der Waals surface area contributed by atoms with Crippen LogP contribution in [0.25, 0.3) is 0 Å². The van der Waals surface area contributed by atoms with Gasteiger partial charge in [0, 0.05) is 6.61 Å². The van der Waals surface area contributed by atoms with E-state index in [0.717, 1.165) is 0 Å². The predicted octanol–water partition coefficient (Wildman–Crippen LogP) is 3.35. The van der Waals surface area contributed by atoms with Crippen molar-refractivity contribution in [1.82, 2.24) is 0 Å². The van der Waals surface area contributed by atoms with E-state index in [4.69, 9.17) is 17.8 Å². The highest BCUT2D eigenvalue weighted by Gasteiger charge is 2.43. The molecule has 0 bridgehead atoms. The van der Waals surface area contributed by atoms with Crippen LogP contribution in [0.15, 0.2) is 0 Å². The average molecular weight is 384 g/mol. The molecule has 7 nitrogen and oxygen atoms in total. The van der Waals surface area contributed by atoms with Gasteiger partial charge in [0.25, 0.3) is 0 Å². The zero-order valence-corrected chi connectivity index (χ0v) is 13.9. The van der Waals surface area contributed by atoms with Crippen LogP contribution >= 0.6 is 23.3 Å². The van der Waals surface area contributed by atoms with Crippen LogP contribution < -0.4 is 0 Å². The lowest BCUT2D eigenvalue weighted by Crippen LogP contribution is -2.17. The Bertz CT molecular complexity index is 529. The monoisotopic (exact) mass is 384 g/mol. The maximum atomic E-state index is 13.6. The first-order valence-electron chi connectivity index (χ1n) is 6.16. The third kappa shape index (κ3) is 7.30. The number of hydrogen-bond donors (Lipinski definition) is 2. The van der Waals surface area contributed by atoms with Crippen molar-refractivity contribution in [3.05, 3.63) is 0 Å². The second-order valence-corrected chi connectivity index (χ2v) is 10.4. The van der Waals surface area contributed by atoms with E-state index < -0.39 is 41.7 Å². The van der Waals surface area contributed by atoms with Gasteiger partial charge in [-0.3, -0.25) is 14.0 Å². The molecular weight excluding hydrogens is 369 g/mol. The van der Waals surface area contributed by atoms with Gasteiger partial charge in [-0.2, -0.15) is 8.39 Å². The topological polar surface area (TPSA) is 110 Å². The van der Waals surface area contributed by atoms with E-state index in [1.165, 1.54) is 0 Å². The number of rotatable bonds is 8. The Morgan fingerprint density at radius 3 is 2.14 bits per heavy atom. The van der Waals surface area contributed by atoms with Gasteiger partial charge >= 0.3 is 23.3 Å². The van der Waals surface area contributed by atoms with E-state index in [-0.39, 0.29) is 18.3 Å². The van der Waals surface area contributed by atoms with Gasteiger partial charge in [0.15, 0.2) is 5.90 Å². The highest BCUT2D eigenvalue weighted by atomic mass is 31.3. The van der Waals surface area contributed by atoms with E-state index in [2.05, 4.69) is 8.83 Å². The fourth-order valence-electron chi connectivity index (χ4n) is 2.31. The Morgan fingerprint density at radius 2 is 1.64 bits per heavy atom. The quantitative estimate of drug-likeness (QED) is 0.488. The molecule has 6 atom stereocenters. The van der Waals surface area contributed by atoms with Crippen molar-refractivity contribution in [3.63, 3.8) is 0 Å². The summed E-state index contributed by atoms with van der Waals surface area (Å²) < 4.78 is 79.0. The summed E-state index contributed by atoms with van der Waals surface area (Å²) in [4.78, 5) is 8.11. The zero-order chi connectivity index (χ0) is 17.2. The maximum Gasteiger partial charge on any atom is 0.517 e. The minimum absolute atomic E-state index is 0.251. The molecule has 2 radical (unpaired) electrons. The second kappa shape index (κ2) is 7.52. The van der Waals surface area contributed by atoms with Gasteiger partial charge in [0.1, 0.15) is 0 Å². The Hall–Kier alpha value is 0.385. The lowest BCUT2D eigenvalue weighted by Gasteiger charge is -2.19. The lowest BCUT2D eigenvalue weighted by atomic mass is 9.85. The summed E-state index contributed by atoms with van der Waals surface area (Å²) in [6, 6.07) is 0. The number of aliphatic hydroxyl groups excluding tert-OH is 1. The third-order valence-electron chi connectivity index (χ3n) is 3.15. The fourth-order valence-corrected chi connectivity index (χ4v) is 6.54. The normalized spacial score (nSPS) is 33.8. The summed E-state index contributed by atoms with van der Waals surface area (Å²) in [6.45, 7) is -0.738. The molecule has 0 heterocycles. The van der Waals surface area contributed by atoms with Gasteiger partial charge in [0.05, 0.1) is 14.5 Å². The molecule has 1 fully saturated rings. The molecule has 22 heavy (non-hydrogen) atoms. The Morgan fingerprint density at radius 1 is 1.09 bits per heavy atom. The summed E-state index contributed by atoms with van der Waals surface area (Å²) in [5, 5.41) is 9.10. The average Bonchev–Trinajstić information content (AvgIpc) is 2.62. The summed E-state index contributed by atoms with van der Waals surface area (Å²) >= 11 is 0. The molecule has 0 aliphatic heterocycles. The molecule has 0 saturated heterocycles. The van der Waals surface area contributed by atoms with Crippen molar-refractivity contribution < 1.29 is 45.1 Å². The van der Waals surface area contributed by atoms with Gasteiger partial charge in [0.2, 0.25) is 0 Å². The first-order valence-corrected chi connectivity index (χ1v) is 11.0. The maximum absolute atomic E-state index is 13.6. The van der Waals surface area contributed by atoms with Gasteiger partial charge in [-0.1, -0.05) is 18.7 Å². The molecule has 2 N–H and O–H groups in total. The molecule has 0 amide bonds. The van der Waals surface area contributed by atoms with Crippen LogP contribution in [-0.2, 0) is 22.5 Å². The third-order valence-corrected chi connectivity index (χ3v) is 8.17. The van der Waals surface area contributed by atoms with Crippen molar-refractivity contribution in [2.45, 2.75) is 18.7 Å². The smallest absolute Gasteiger partial charge is 0.396 e. The molecule has 1 aliphatic carbocycles. The highest BCUT2D eigenvalue weighted by molar-refractivity contribution is 7.74. The highest BCUT2D eigenvalue weighted by Crippen LogP contribution is 2.71. The molecule has 0 spiro atoms. The van der Waals surface area contributed by atoms with Crippen LogP contribution in [0, 0.1) is 11.8 Å². The van der Waals surface area contributed by atoms with Crippen molar-refractivity contribution in [3.8, 4) is 0 Å². The molecule has 128 valence electrons. The molecule has 14 heteroatoms. The van der Waals surface area contributed by atoms with Crippen LogP contribution in [0.4, 0.5) is 12.6 Å². The first kappa shape index (κ1) is 20.4. The molecule has 0 aromatic heterocycles. The summed E-state index contributed by atoms with van der Waals surface area (Å²) in [5.74, 6) is -2.98. The van der Waals surface area contributed by atoms with E-state index in [9.17, 15) is 26.3 Å². The van der Waals surface area contributed by atoms with Crippen molar-refractivity contribution in [2.24, 2.45) is 11.8 Å². The molecule has 1 rings (SSSR count). The molecular formula is C8H15BF3O7P3. The minimum Gasteiger partial charge on any atom is -0.396 e. The van der Waals surface area contributed by atoms with Gasteiger partial charge in [-0.25, -0.2) is 8.88 Å². The zero-order valence-electron chi connectivity index (χ0n) is 11.3. The predicted molar refractivity (Wildman–Crippen MR) is 73.1 cm³/mol. The van der Waals surface area contributed by atoms with E-state index in [1.807, 2.05) is 0 Å². The van der Waals surface area contributed by atoms with E-state index in [1.54, 1.807) is 0 Å². The number of halogens is 3. The molecule has 0 aromatic rings. The molecule has 1 aliphatic rings.